The van der Waals surface area contributed by atoms with E-state index in [1.807, 2.05) is 6.92 Å². The second-order valence-electron chi connectivity index (χ2n) is 11.8. The van der Waals surface area contributed by atoms with Gasteiger partial charge in [-0.15, -0.1) is 0 Å². The van der Waals surface area contributed by atoms with E-state index in [4.69, 9.17) is 10.5 Å². The highest BCUT2D eigenvalue weighted by Gasteiger charge is 2.69. The number of hydrogen-bond donors (Lipinski definition) is 3. The molecule has 0 bridgehead atoms. The Hall–Kier alpha value is -2.65. The summed E-state index contributed by atoms with van der Waals surface area (Å²) in [5, 5.41) is 5.42. The fourth-order valence-corrected chi connectivity index (χ4v) is 5.36. The third kappa shape index (κ3) is 6.13. The molecule has 196 valence electrons. The van der Waals surface area contributed by atoms with Gasteiger partial charge in [0.2, 0.25) is 17.6 Å². The molecule has 10 nitrogen and oxygen atoms in total. The summed E-state index contributed by atoms with van der Waals surface area (Å²) in [6.45, 7) is 11.6. The van der Waals surface area contributed by atoms with Crippen LogP contribution in [0.4, 0.5) is 4.79 Å². The number of Topliss-reactive ketones (excluding diaryl/α,β-unsaturated/α-hetero) is 1. The highest BCUT2D eigenvalue weighted by molar-refractivity contribution is 6.37. The number of nitrogens with zero attached hydrogens (tertiary/aromatic N) is 1. The lowest BCUT2D eigenvalue weighted by atomic mass is 9.98. The van der Waals surface area contributed by atoms with Crippen molar-refractivity contribution < 1.29 is 28.7 Å². The van der Waals surface area contributed by atoms with Gasteiger partial charge in [0.05, 0.1) is 6.04 Å². The number of fused-ring (bicyclic) bond motifs is 1. The predicted molar refractivity (Wildman–Crippen MR) is 128 cm³/mol. The maximum absolute atomic E-state index is 13.7. The SMILES string of the molecule is CCCC(NC(=O)C1C2C(CN1C(=O)C(CC1CC1)NC(=O)OC(C)(C)C)C2(C)C)C(=O)C(N)=O. The van der Waals surface area contributed by atoms with Crippen molar-refractivity contribution in [2.24, 2.45) is 28.9 Å². The van der Waals surface area contributed by atoms with Crippen LogP contribution in [0.25, 0.3) is 0 Å². The van der Waals surface area contributed by atoms with Crippen LogP contribution in [0, 0.1) is 23.2 Å². The highest BCUT2D eigenvalue weighted by Crippen LogP contribution is 2.65. The number of likely N-dealkylation sites (tertiary alicyclic amines) is 1. The Morgan fingerprint density at radius 1 is 1.09 bits per heavy atom. The summed E-state index contributed by atoms with van der Waals surface area (Å²) >= 11 is 0. The Labute approximate surface area is 207 Å². The number of amides is 4. The third-order valence-corrected chi connectivity index (χ3v) is 7.47. The predicted octanol–water partition coefficient (Wildman–Crippen LogP) is 1.50. The van der Waals surface area contributed by atoms with E-state index < -0.39 is 47.4 Å². The molecule has 2 saturated carbocycles. The summed E-state index contributed by atoms with van der Waals surface area (Å²) in [6, 6.07) is -2.61. The fraction of sp³-hybridized carbons (Fsp3) is 0.800. The Bertz CT molecular complexity index is 891. The summed E-state index contributed by atoms with van der Waals surface area (Å²) in [4.78, 5) is 64.9. The van der Waals surface area contributed by atoms with Crippen molar-refractivity contribution in [3.63, 3.8) is 0 Å². The molecule has 4 amide bonds. The molecule has 3 fully saturated rings. The van der Waals surface area contributed by atoms with Crippen molar-refractivity contribution in [3.05, 3.63) is 0 Å². The van der Waals surface area contributed by atoms with Crippen LogP contribution in [0.3, 0.4) is 0 Å². The zero-order valence-corrected chi connectivity index (χ0v) is 21.7. The molecule has 1 heterocycles. The normalized spacial score (nSPS) is 26.2. The Morgan fingerprint density at radius 2 is 1.71 bits per heavy atom. The van der Waals surface area contributed by atoms with Crippen LogP contribution < -0.4 is 16.4 Å². The second kappa shape index (κ2) is 9.78. The molecule has 4 N–H and O–H groups in total. The van der Waals surface area contributed by atoms with E-state index in [0.29, 0.717) is 25.3 Å². The lowest BCUT2D eigenvalue weighted by Crippen LogP contribution is -2.58. The van der Waals surface area contributed by atoms with Crippen LogP contribution in [0.2, 0.25) is 0 Å². The number of carbonyl (C=O) groups excluding carboxylic acids is 5. The zero-order chi connectivity index (χ0) is 26.3. The molecule has 0 aromatic carbocycles. The molecule has 1 saturated heterocycles. The number of hydrogen-bond acceptors (Lipinski definition) is 6. The Morgan fingerprint density at radius 3 is 2.23 bits per heavy atom. The maximum Gasteiger partial charge on any atom is 0.408 e. The van der Waals surface area contributed by atoms with Crippen LogP contribution in [-0.4, -0.2) is 64.8 Å². The number of rotatable bonds is 10. The van der Waals surface area contributed by atoms with Crippen molar-refractivity contribution in [1.82, 2.24) is 15.5 Å². The molecule has 0 radical (unpaired) electrons. The van der Waals surface area contributed by atoms with Crippen molar-refractivity contribution in [1.29, 1.82) is 0 Å². The third-order valence-electron chi connectivity index (χ3n) is 7.47. The first kappa shape index (κ1) is 26.9. The molecule has 5 unspecified atom stereocenters. The van der Waals surface area contributed by atoms with E-state index in [0.717, 1.165) is 12.8 Å². The van der Waals surface area contributed by atoms with Gasteiger partial charge in [0.25, 0.3) is 5.91 Å². The second-order valence-corrected chi connectivity index (χ2v) is 11.8. The highest BCUT2D eigenvalue weighted by atomic mass is 16.6. The van der Waals surface area contributed by atoms with E-state index in [1.54, 1.807) is 20.8 Å². The van der Waals surface area contributed by atoms with Gasteiger partial charge < -0.3 is 26.0 Å². The quantitative estimate of drug-likeness (QED) is 0.394. The van der Waals surface area contributed by atoms with Gasteiger partial charge in [-0.05, 0) is 56.8 Å². The van der Waals surface area contributed by atoms with Crippen LogP contribution in [0.15, 0.2) is 0 Å². The first-order valence-corrected chi connectivity index (χ1v) is 12.6. The maximum atomic E-state index is 13.7. The van der Waals surface area contributed by atoms with E-state index >= 15 is 0 Å². The number of ketones is 1. The van der Waals surface area contributed by atoms with Crippen LogP contribution in [0.5, 0.6) is 0 Å². The van der Waals surface area contributed by atoms with Gasteiger partial charge in [0.1, 0.15) is 17.7 Å². The minimum absolute atomic E-state index is 0.0690. The molecular weight excluding hydrogens is 452 g/mol. The molecule has 0 aromatic heterocycles. The number of ether oxygens (including phenoxy) is 1. The standard InChI is InChI=1S/C25H40N4O6/c1-7-8-15(19(30)20(26)31)27-21(32)18-17-14(25(17,5)6)12-29(18)22(33)16(11-13-9-10-13)28-23(34)35-24(2,3)4/h13-18H,7-12H2,1-6H3,(H2,26,31)(H,27,32)(H,28,34). The largest absolute Gasteiger partial charge is 0.444 e. The van der Waals surface area contributed by atoms with Gasteiger partial charge in [-0.1, -0.05) is 40.0 Å². The molecular formula is C25H40N4O6. The minimum atomic E-state index is -1.10. The van der Waals surface area contributed by atoms with Crippen molar-refractivity contribution in [2.75, 3.05) is 6.54 Å². The summed E-state index contributed by atoms with van der Waals surface area (Å²) in [5.41, 5.74) is 4.34. The van der Waals surface area contributed by atoms with E-state index in [1.165, 1.54) is 4.90 Å². The fourth-order valence-electron chi connectivity index (χ4n) is 5.36. The Kier molecular flexibility index (Phi) is 7.53. The van der Waals surface area contributed by atoms with Gasteiger partial charge in [0, 0.05) is 6.54 Å². The number of carbonyl (C=O) groups is 5. The smallest absolute Gasteiger partial charge is 0.408 e. The first-order chi connectivity index (χ1) is 16.2. The lowest BCUT2D eigenvalue weighted by Gasteiger charge is -2.34. The molecule has 35 heavy (non-hydrogen) atoms. The van der Waals surface area contributed by atoms with E-state index in [-0.39, 0.29) is 29.6 Å². The minimum Gasteiger partial charge on any atom is -0.444 e. The molecule has 3 aliphatic rings. The monoisotopic (exact) mass is 492 g/mol. The van der Waals surface area contributed by atoms with Gasteiger partial charge in [0.15, 0.2) is 0 Å². The zero-order valence-electron chi connectivity index (χ0n) is 21.7. The van der Waals surface area contributed by atoms with Gasteiger partial charge in [-0.2, -0.15) is 0 Å². The van der Waals surface area contributed by atoms with E-state index in [2.05, 4.69) is 24.5 Å². The molecule has 3 rings (SSSR count). The summed E-state index contributed by atoms with van der Waals surface area (Å²) in [7, 11) is 0. The Balaban J connectivity index is 1.79. The average molecular weight is 493 g/mol. The molecule has 1 aliphatic heterocycles. The number of alkyl carbamates (subject to hydrolysis) is 1. The molecule has 0 spiro atoms. The van der Waals surface area contributed by atoms with Gasteiger partial charge in [-0.25, -0.2) is 4.79 Å². The first-order valence-electron chi connectivity index (χ1n) is 12.6. The molecule has 0 aromatic rings. The molecule has 2 aliphatic carbocycles. The van der Waals surface area contributed by atoms with Gasteiger partial charge >= 0.3 is 6.09 Å². The topological polar surface area (TPSA) is 148 Å². The van der Waals surface area contributed by atoms with E-state index in [9.17, 15) is 24.0 Å². The number of nitrogens with two attached hydrogens (primary N) is 1. The number of nitrogens with one attached hydrogen (secondary N) is 2. The van der Waals surface area contributed by atoms with Crippen LogP contribution in [0.1, 0.15) is 73.6 Å². The summed E-state index contributed by atoms with van der Waals surface area (Å²) < 4.78 is 5.37. The van der Waals surface area contributed by atoms with Gasteiger partial charge in [-0.3, -0.25) is 19.2 Å². The summed E-state index contributed by atoms with van der Waals surface area (Å²) in [6.07, 6.45) is 2.65. The number of piperidine rings is 1. The lowest BCUT2D eigenvalue weighted by molar-refractivity contribution is -0.143. The van der Waals surface area contributed by atoms with Crippen LogP contribution >= 0.6 is 0 Å². The van der Waals surface area contributed by atoms with Crippen molar-refractivity contribution >= 4 is 29.6 Å². The van der Waals surface area contributed by atoms with Crippen molar-refractivity contribution in [2.45, 2.75) is 97.4 Å². The number of primary amides is 1. The average Bonchev–Trinajstić information content (AvgIpc) is 3.57. The van der Waals surface area contributed by atoms with Crippen LogP contribution in [-0.2, 0) is 23.9 Å². The molecule has 10 heteroatoms. The molecule has 5 atom stereocenters. The summed E-state index contributed by atoms with van der Waals surface area (Å²) in [5.74, 6) is -2.31. The van der Waals surface area contributed by atoms with Crippen molar-refractivity contribution in [3.8, 4) is 0 Å².